The number of ether oxygens (including phenoxy) is 2. The maximum Gasteiger partial charge on any atom is 0.164 e. The Bertz CT molecular complexity index is 515. The molecule has 0 aromatic carbocycles. The van der Waals surface area contributed by atoms with Crippen molar-refractivity contribution in [2.75, 3.05) is 19.5 Å². The minimum Gasteiger partial charge on any atom is -0.382 e. The molecular formula is C18H29NO2S. The van der Waals surface area contributed by atoms with Crippen molar-refractivity contribution < 1.29 is 9.47 Å². The molecule has 0 spiro atoms. The largest absolute Gasteiger partial charge is 0.382 e. The van der Waals surface area contributed by atoms with Crippen molar-refractivity contribution in [3.63, 3.8) is 0 Å². The van der Waals surface area contributed by atoms with E-state index in [9.17, 15) is 0 Å². The molecule has 1 heterocycles. The molecule has 4 heteroatoms. The molecule has 22 heavy (non-hydrogen) atoms. The number of methoxy groups -OCH3 is 2. The van der Waals surface area contributed by atoms with Crippen molar-refractivity contribution in [2.24, 2.45) is 5.41 Å². The van der Waals surface area contributed by atoms with Crippen LogP contribution in [0.3, 0.4) is 0 Å². The molecule has 1 N–H and O–H groups in total. The molecule has 0 aliphatic rings. The van der Waals surface area contributed by atoms with E-state index < -0.39 is 5.79 Å². The van der Waals surface area contributed by atoms with Gasteiger partial charge in [0.05, 0.1) is 4.88 Å². The van der Waals surface area contributed by atoms with Gasteiger partial charge >= 0.3 is 0 Å². The minimum atomic E-state index is -0.506. The Morgan fingerprint density at radius 2 is 1.86 bits per heavy atom. The highest BCUT2D eigenvalue weighted by atomic mass is 32.1. The molecule has 1 aromatic heterocycles. The van der Waals surface area contributed by atoms with E-state index in [1.54, 1.807) is 25.6 Å². The van der Waals surface area contributed by atoms with Gasteiger partial charge in [0.1, 0.15) is 0 Å². The summed E-state index contributed by atoms with van der Waals surface area (Å²) in [6, 6.07) is 2.47. The summed E-state index contributed by atoms with van der Waals surface area (Å²) < 4.78 is 10.8. The predicted molar refractivity (Wildman–Crippen MR) is 95.4 cm³/mol. The first-order chi connectivity index (χ1) is 10.2. The first-order valence-corrected chi connectivity index (χ1v) is 8.54. The fourth-order valence-electron chi connectivity index (χ4n) is 1.85. The summed E-state index contributed by atoms with van der Waals surface area (Å²) in [5.41, 5.74) is 1.17. The molecule has 0 aliphatic carbocycles. The average molecular weight is 324 g/mol. The first kappa shape index (κ1) is 19.0. The molecule has 124 valence electrons. The summed E-state index contributed by atoms with van der Waals surface area (Å²) in [6.45, 7) is 10.5. The van der Waals surface area contributed by atoms with Crippen LogP contribution in [0.25, 0.3) is 0 Å². The van der Waals surface area contributed by atoms with Crippen LogP contribution in [-0.4, -0.2) is 26.0 Å². The highest BCUT2D eigenvalue weighted by Crippen LogP contribution is 2.23. The normalized spacial score (nSPS) is 13.4. The van der Waals surface area contributed by atoms with Crippen LogP contribution in [0, 0.1) is 17.3 Å². The van der Waals surface area contributed by atoms with Crippen LogP contribution in [0.2, 0.25) is 0 Å². The summed E-state index contributed by atoms with van der Waals surface area (Å²) in [5, 5.41) is 5.63. The van der Waals surface area contributed by atoms with E-state index in [2.05, 4.69) is 56.3 Å². The van der Waals surface area contributed by atoms with Crippen LogP contribution in [0.4, 0.5) is 5.69 Å². The van der Waals surface area contributed by atoms with E-state index >= 15 is 0 Å². The van der Waals surface area contributed by atoms with Gasteiger partial charge in [0.15, 0.2) is 5.79 Å². The molecule has 0 amide bonds. The van der Waals surface area contributed by atoms with E-state index in [1.807, 2.05) is 6.92 Å². The third-order valence-electron chi connectivity index (χ3n) is 3.47. The van der Waals surface area contributed by atoms with Gasteiger partial charge in [-0.3, -0.25) is 0 Å². The lowest BCUT2D eigenvalue weighted by atomic mass is 9.98. The summed E-state index contributed by atoms with van der Waals surface area (Å²) >= 11 is 1.68. The van der Waals surface area contributed by atoms with E-state index in [0.29, 0.717) is 6.04 Å². The molecule has 0 saturated heterocycles. The van der Waals surface area contributed by atoms with Gasteiger partial charge in [-0.15, -0.1) is 11.3 Å². The quantitative estimate of drug-likeness (QED) is 0.581. The fourth-order valence-corrected chi connectivity index (χ4v) is 2.54. The number of nitrogens with one attached hydrogen (secondary N) is 1. The predicted octanol–water partition coefficient (Wildman–Crippen LogP) is 4.74. The van der Waals surface area contributed by atoms with Crippen LogP contribution in [0.5, 0.6) is 0 Å². The lowest BCUT2D eigenvalue weighted by Gasteiger charge is -2.27. The molecule has 3 nitrogen and oxygen atoms in total. The number of thiophene rings is 1. The van der Waals surface area contributed by atoms with Crippen molar-refractivity contribution in [2.45, 2.75) is 59.3 Å². The molecule has 1 rings (SSSR count). The van der Waals surface area contributed by atoms with Crippen molar-refractivity contribution in [3.8, 4) is 11.8 Å². The zero-order valence-electron chi connectivity index (χ0n) is 14.9. The van der Waals surface area contributed by atoms with Crippen LogP contribution < -0.4 is 5.32 Å². The zero-order chi connectivity index (χ0) is 16.8. The molecular weight excluding hydrogens is 294 g/mol. The van der Waals surface area contributed by atoms with Gasteiger partial charge in [-0.2, -0.15) is 0 Å². The number of anilines is 1. The lowest BCUT2D eigenvalue weighted by molar-refractivity contribution is -0.197. The third-order valence-corrected chi connectivity index (χ3v) is 4.31. The van der Waals surface area contributed by atoms with E-state index in [1.165, 1.54) is 0 Å². The molecule has 0 radical (unpaired) electrons. The number of hydrogen-bond acceptors (Lipinski definition) is 4. The molecule has 0 aliphatic heterocycles. The minimum absolute atomic E-state index is 0.0373. The Hall–Kier alpha value is -1.02. The van der Waals surface area contributed by atoms with Gasteiger partial charge in [-0.05, 0) is 47.1 Å². The Morgan fingerprint density at radius 3 is 2.41 bits per heavy atom. The van der Waals surface area contributed by atoms with Crippen molar-refractivity contribution in [1.29, 1.82) is 0 Å². The molecule has 0 fully saturated rings. The maximum atomic E-state index is 5.39. The van der Waals surface area contributed by atoms with Gasteiger partial charge in [-0.25, -0.2) is 0 Å². The molecule has 0 saturated carbocycles. The second-order valence-electron chi connectivity index (χ2n) is 6.83. The summed E-state index contributed by atoms with van der Waals surface area (Å²) in [6.07, 6.45) is 1.81. The average Bonchev–Trinajstić information content (AvgIpc) is 2.89. The fraction of sp³-hybridized carbons (Fsp3) is 0.667. The van der Waals surface area contributed by atoms with Crippen molar-refractivity contribution in [1.82, 2.24) is 0 Å². The smallest absolute Gasteiger partial charge is 0.164 e. The second kappa shape index (κ2) is 8.01. The maximum absolute atomic E-state index is 5.39. The Labute approximate surface area is 139 Å². The Kier molecular flexibility index (Phi) is 6.93. The van der Waals surface area contributed by atoms with Crippen molar-refractivity contribution in [3.05, 3.63) is 16.3 Å². The highest BCUT2D eigenvalue weighted by Gasteiger charge is 2.23. The second-order valence-corrected chi connectivity index (χ2v) is 7.74. The standard InChI is InChI=1S/C18H29NO2S/c1-14(8-11-18(5,20-6)21-7)19-15-12-16(22-13-15)9-10-17(2,3)4/h12-14,19H,8,11H2,1-7H3. The van der Waals surface area contributed by atoms with E-state index in [0.717, 1.165) is 23.4 Å². The molecule has 1 atom stereocenters. The van der Waals surface area contributed by atoms with Gasteiger partial charge in [-0.1, -0.05) is 11.8 Å². The summed E-state index contributed by atoms with van der Waals surface area (Å²) in [4.78, 5) is 1.10. The number of hydrogen-bond donors (Lipinski definition) is 1. The van der Waals surface area contributed by atoms with E-state index in [4.69, 9.17) is 9.47 Å². The molecule has 1 aromatic rings. The Balaban J connectivity index is 2.53. The summed E-state index contributed by atoms with van der Waals surface area (Å²) in [5.74, 6) is 6.00. The highest BCUT2D eigenvalue weighted by molar-refractivity contribution is 7.11. The lowest BCUT2D eigenvalue weighted by Crippen LogP contribution is -2.31. The van der Waals surface area contributed by atoms with E-state index in [-0.39, 0.29) is 5.41 Å². The third kappa shape index (κ3) is 6.83. The Morgan fingerprint density at radius 1 is 1.23 bits per heavy atom. The summed E-state index contributed by atoms with van der Waals surface area (Å²) in [7, 11) is 3.36. The van der Waals surface area contributed by atoms with Gasteiger partial charge in [0.25, 0.3) is 0 Å². The van der Waals surface area contributed by atoms with Gasteiger partial charge in [0.2, 0.25) is 0 Å². The SMILES string of the molecule is COC(C)(CCC(C)Nc1csc(C#CC(C)(C)C)c1)OC. The van der Waals surface area contributed by atoms with Crippen LogP contribution in [0.15, 0.2) is 11.4 Å². The topological polar surface area (TPSA) is 30.5 Å². The monoisotopic (exact) mass is 323 g/mol. The first-order valence-electron chi connectivity index (χ1n) is 7.66. The van der Waals surface area contributed by atoms with Crippen molar-refractivity contribution >= 4 is 17.0 Å². The van der Waals surface area contributed by atoms with Gasteiger partial charge in [0, 0.05) is 43.2 Å². The van der Waals surface area contributed by atoms with Crippen LogP contribution in [0.1, 0.15) is 52.3 Å². The van der Waals surface area contributed by atoms with Gasteiger partial charge < -0.3 is 14.8 Å². The van der Waals surface area contributed by atoms with Crippen LogP contribution >= 0.6 is 11.3 Å². The zero-order valence-corrected chi connectivity index (χ0v) is 15.7. The molecule has 0 bridgehead atoms. The van der Waals surface area contributed by atoms with Crippen LogP contribution in [-0.2, 0) is 9.47 Å². The molecule has 1 unspecified atom stereocenters. The number of rotatable bonds is 7.